The van der Waals surface area contributed by atoms with Gasteiger partial charge >= 0.3 is 0 Å². The molecule has 0 unspecified atom stereocenters. The second kappa shape index (κ2) is 4.94. The molecule has 0 aliphatic heterocycles. The predicted molar refractivity (Wildman–Crippen MR) is 67.2 cm³/mol. The van der Waals surface area contributed by atoms with Crippen molar-refractivity contribution < 1.29 is 4.52 Å². The van der Waals surface area contributed by atoms with Gasteiger partial charge in [0.25, 0.3) is 0 Å². The van der Waals surface area contributed by atoms with Crippen molar-refractivity contribution in [3.8, 4) is 11.3 Å². The molecule has 0 aliphatic rings. The Morgan fingerprint density at radius 2 is 1.80 bits per heavy atom. The van der Waals surface area contributed by atoms with Crippen molar-refractivity contribution in [2.75, 3.05) is 0 Å². The molecule has 0 bridgehead atoms. The van der Waals surface area contributed by atoms with E-state index in [1.54, 1.807) is 0 Å². The molecule has 0 atom stereocenters. The summed E-state index contributed by atoms with van der Waals surface area (Å²) in [6.07, 6.45) is 0. The summed E-state index contributed by atoms with van der Waals surface area (Å²) >= 11 is 6.74. The quantitative estimate of drug-likeness (QED) is 0.791. The minimum Gasteiger partial charge on any atom is -0.360 e. The minimum absolute atomic E-state index is 0.694. The molecule has 1 aromatic carbocycles. The average molecular weight is 331 g/mol. The Kier molecular flexibility index (Phi) is 3.59. The summed E-state index contributed by atoms with van der Waals surface area (Å²) in [5, 5.41) is 5.56. The number of rotatable bonds is 3. The Balaban J connectivity index is 2.28. The number of aromatic nitrogens is 1. The molecule has 0 radical (unpaired) electrons. The number of alkyl halides is 2. The summed E-state index contributed by atoms with van der Waals surface area (Å²) in [7, 11) is 0. The van der Waals surface area contributed by atoms with Gasteiger partial charge in [0.15, 0.2) is 0 Å². The Bertz CT molecular complexity index is 436. The van der Waals surface area contributed by atoms with Gasteiger partial charge in [0.2, 0.25) is 0 Å². The van der Waals surface area contributed by atoms with Gasteiger partial charge in [-0.25, -0.2) is 0 Å². The largest absolute Gasteiger partial charge is 0.360 e. The van der Waals surface area contributed by atoms with E-state index in [9.17, 15) is 0 Å². The molecule has 2 aromatic rings. The first-order chi connectivity index (χ1) is 7.33. The predicted octanol–water partition coefficient (Wildman–Crippen LogP) is 4.13. The lowest BCUT2D eigenvalue weighted by atomic mass is 10.1. The average Bonchev–Trinajstić information content (AvgIpc) is 2.78. The summed E-state index contributed by atoms with van der Waals surface area (Å²) in [4.78, 5) is 0. The molecule has 78 valence electrons. The maximum Gasteiger partial charge on any atom is 0.147 e. The van der Waals surface area contributed by atoms with Crippen molar-refractivity contribution in [3.63, 3.8) is 0 Å². The molecule has 0 spiro atoms. The zero-order chi connectivity index (χ0) is 10.7. The standard InChI is InChI=1S/C11H9Br2NO/c12-6-8-1-3-9(4-2-8)11-5-10(7-13)15-14-11/h1-5H,6-7H2. The fourth-order valence-corrected chi connectivity index (χ4v) is 1.91. The lowest BCUT2D eigenvalue weighted by Crippen LogP contribution is -1.79. The van der Waals surface area contributed by atoms with E-state index in [-0.39, 0.29) is 0 Å². The maximum atomic E-state index is 5.12. The zero-order valence-corrected chi connectivity index (χ0v) is 11.1. The van der Waals surface area contributed by atoms with Crippen LogP contribution in [0, 0.1) is 0 Å². The molecule has 0 fully saturated rings. The highest BCUT2D eigenvalue weighted by Gasteiger charge is 2.04. The SMILES string of the molecule is BrCc1ccc(-c2cc(CBr)on2)cc1. The van der Waals surface area contributed by atoms with Crippen LogP contribution in [0.5, 0.6) is 0 Å². The van der Waals surface area contributed by atoms with Crippen LogP contribution in [0.25, 0.3) is 11.3 Å². The highest BCUT2D eigenvalue weighted by atomic mass is 79.9. The van der Waals surface area contributed by atoms with Crippen molar-refractivity contribution in [1.29, 1.82) is 0 Å². The van der Waals surface area contributed by atoms with E-state index in [4.69, 9.17) is 4.52 Å². The summed E-state index contributed by atoms with van der Waals surface area (Å²) in [6, 6.07) is 10.2. The van der Waals surface area contributed by atoms with Crippen LogP contribution in [-0.2, 0) is 10.7 Å². The van der Waals surface area contributed by atoms with Crippen LogP contribution in [0.15, 0.2) is 34.9 Å². The number of halogens is 2. The van der Waals surface area contributed by atoms with Crippen LogP contribution in [0.2, 0.25) is 0 Å². The Hall–Kier alpha value is -0.610. The smallest absolute Gasteiger partial charge is 0.147 e. The van der Waals surface area contributed by atoms with Crippen molar-refractivity contribution >= 4 is 31.9 Å². The molecule has 0 saturated carbocycles. The van der Waals surface area contributed by atoms with Gasteiger partial charge in [-0.15, -0.1) is 0 Å². The van der Waals surface area contributed by atoms with Crippen molar-refractivity contribution in [1.82, 2.24) is 5.16 Å². The van der Waals surface area contributed by atoms with Crippen LogP contribution < -0.4 is 0 Å². The van der Waals surface area contributed by atoms with Crippen LogP contribution in [0.4, 0.5) is 0 Å². The fraction of sp³-hybridized carbons (Fsp3) is 0.182. The van der Waals surface area contributed by atoms with Gasteiger partial charge in [-0.05, 0) is 5.56 Å². The van der Waals surface area contributed by atoms with Gasteiger partial charge in [0.1, 0.15) is 11.5 Å². The maximum absolute atomic E-state index is 5.12. The first-order valence-electron chi connectivity index (χ1n) is 4.50. The van der Waals surface area contributed by atoms with Crippen molar-refractivity contribution in [2.45, 2.75) is 10.7 Å². The summed E-state index contributed by atoms with van der Waals surface area (Å²) < 4.78 is 5.12. The Labute approximate surface area is 105 Å². The first-order valence-corrected chi connectivity index (χ1v) is 6.74. The fourth-order valence-electron chi connectivity index (χ4n) is 1.28. The topological polar surface area (TPSA) is 26.0 Å². The van der Waals surface area contributed by atoms with E-state index in [0.717, 1.165) is 22.3 Å². The van der Waals surface area contributed by atoms with Gasteiger partial charge in [-0.1, -0.05) is 61.3 Å². The molecule has 0 aliphatic carbocycles. The van der Waals surface area contributed by atoms with Crippen LogP contribution >= 0.6 is 31.9 Å². The van der Waals surface area contributed by atoms with E-state index in [0.29, 0.717) is 5.33 Å². The molecular weight excluding hydrogens is 322 g/mol. The lowest BCUT2D eigenvalue weighted by Gasteiger charge is -1.97. The molecule has 2 nitrogen and oxygen atoms in total. The van der Waals surface area contributed by atoms with Gasteiger partial charge in [0.05, 0.1) is 5.33 Å². The summed E-state index contributed by atoms with van der Waals surface area (Å²) in [6.45, 7) is 0. The molecule has 4 heteroatoms. The van der Waals surface area contributed by atoms with E-state index in [1.165, 1.54) is 5.56 Å². The third kappa shape index (κ3) is 2.49. The van der Waals surface area contributed by atoms with E-state index < -0.39 is 0 Å². The number of hydrogen-bond donors (Lipinski definition) is 0. The third-order valence-electron chi connectivity index (χ3n) is 2.09. The van der Waals surface area contributed by atoms with Gasteiger partial charge < -0.3 is 4.52 Å². The third-order valence-corrected chi connectivity index (χ3v) is 3.29. The zero-order valence-electron chi connectivity index (χ0n) is 7.91. The van der Waals surface area contributed by atoms with E-state index in [1.807, 2.05) is 18.2 Å². The number of benzene rings is 1. The molecular formula is C11H9Br2NO. The van der Waals surface area contributed by atoms with Gasteiger partial charge in [-0.3, -0.25) is 0 Å². The monoisotopic (exact) mass is 329 g/mol. The van der Waals surface area contributed by atoms with E-state index in [2.05, 4.69) is 49.1 Å². The lowest BCUT2D eigenvalue weighted by molar-refractivity contribution is 0.398. The minimum atomic E-state index is 0.694. The molecule has 0 amide bonds. The molecule has 0 N–H and O–H groups in total. The van der Waals surface area contributed by atoms with Crippen molar-refractivity contribution in [2.24, 2.45) is 0 Å². The van der Waals surface area contributed by atoms with Crippen LogP contribution in [-0.4, -0.2) is 5.16 Å². The Morgan fingerprint density at radius 1 is 1.07 bits per heavy atom. The van der Waals surface area contributed by atoms with E-state index >= 15 is 0 Å². The molecule has 0 saturated heterocycles. The Morgan fingerprint density at radius 3 is 2.33 bits per heavy atom. The van der Waals surface area contributed by atoms with Crippen LogP contribution in [0.3, 0.4) is 0 Å². The molecule has 1 heterocycles. The van der Waals surface area contributed by atoms with Gasteiger partial charge in [0, 0.05) is 17.0 Å². The molecule has 2 rings (SSSR count). The molecule has 1 aromatic heterocycles. The first kappa shape index (κ1) is 10.9. The van der Waals surface area contributed by atoms with Crippen molar-refractivity contribution in [3.05, 3.63) is 41.7 Å². The highest BCUT2D eigenvalue weighted by molar-refractivity contribution is 9.08. The normalized spacial score (nSPS) is 10.5. The number of hydrogen-bond acceptors (Lipinski definition) is 2. The summed E-state index contributed by atoms with van der Waals surface area (Å²) in [5.74, 6) is 0.842. The summed E-state index contributed by atoms with van der Waals surface area (Å²) in [5.41, 5.74) is 3.21. The van der Waals surface area contributed by atoms with Crippen LogP contribution in [0.1, 0.15) is 11.3 Å². The number of nitrogens with zero attached hydrogens (tertiary/aromatic N) is 1. The second-order valence-electron chi connectivity index (χ2n) is 3.14. The molecule has 15 heavy (non-hydrogen) atoms. The highest BCUT2D eigenvalue weighted by Crippen LogP contribution is 2.21. The van der Waals surface area contributed by atoms with Gasteiger partial charge in [-0.2, -0.15) is 0 Å². The second-order valence-corrected chi connectivity index (χ2v) is 4.26.